The van der Waals surface area contributed by atoms with Crippen molar-refractivity contribution in [1.82, 2.24) is 0 Å². The van der Waals surface area contributed by atoms with Crippen molar-refractivity contribution in [2.24, 2.45) is 22.6 Å². The molecule has 2 aromatic rings. The zero-order valence-corrected chi connectivity index (χ0v) is 19.2. The number of ketones is 2. The number of aliphatic imine (C=N–C) groups is 1. The Morgan fingerprint density at radius 3 is 2.12 bits per heavy atom. The minimum atomic E-state index is -0.130. The van der Waals surface area contributed by atoms with Crippen LogP contribution in [0.5, 0.6) is 0 Å². The summed E-state index contributed by atoms with van der Waals surface area (Å²) in [5, 5.41) is 0. The Morgan fingerprint density at radius 2 is 1.53 bits per heavy atom. The standard InChI is InChI=1S/C28H32N2O2/c1-17-4-6-21(7-5-17)25-16-18(2)28(32)27(23-12-14-24(29)15-13-23)30-26(25)22-10-8-20(9-11-22)19(3)31/h4-11,18,23-24H,12-16,29H2,1-3H3. The first-order valence-corrected chi connectivity index (χ1v) is 11.6. The number of carbonyl (C=O) groups is 2. The largest absolute Gasteiger partial charge is 0.328 e. The molecular formula is C28H32N2O2. The van der Waals surface area contributed by atoms with E-state index in [1.165, 1.54) is 5.56 Å². The average Bonchev–Trinajstić information content (AvgIpc) is 2.92. The van der Waals surface area contributed by atoms with Crippen LogP contribution in [-0.4, -0.2) is 23.3 Å². The predicted molar refractivity (Wildman–Crippen MR) is 131 cm³/mol. The second kappa shape index (κ2) is 9.33. The van der Waals surface area contributed by atoms with Gasteiger partial charge in [0.2, 0.25) is 0 Å². The number of hydrogen-bond donors (Lipinski definition) is 1. The van der Waals surface area contributed by atoms with E-state index in [0.717, 1.165) is 48.1 Å². The SMILES string of the molecule is CC(=O)c1ccc(C2=C(c3ccc(C)cc3)CC(C)C(=O)C(C3CCC(N)CC3)=N2)cc1. The Kier molecular flexibility index (Phi) is 6.52. The first-order valence-electron chi connectivity index (χ1n) is 11.6. The summed E-state index contributed by atoms with van der Waals surface area (Å²) in [5.41, 5.74) is 12.7. The molecule has 4 rings (SSSR count). The quantitative estimate of drug-likeness (QED) is 0.641. The normalized spacial score (nSPS) is 24.2. The average molecular weight is 429 g/mol. The molecule has 1 saturated carbocycles. The van der Waals surface area contributed by atoms with E-state index >= 15 is 0 Å². The summed E-state index contributed by atoms with van der Waals surface area (Å²) in [5.74, 6) is 0.227. The van der Waals surface area contributed by atoms with Gasteiger partial charge in [-0.25, -0.2) is 4.99 Å². The fourth-order valence-corrected chi connectivity index (χ4v) is 4.79. The lowest BCUT2D eigenvalue weighted by molar-refractivity contribution is -0.116. The molecule has 0 spiro atoms. The number of Topliss-reactive ketones (excluding diaryl/α,β-unsaturated/α-hetero) is 2. The van der Waals surface area contributed by atoms with Gasteiger partial charge in [0.1, 0.15) is 0 Å². The van der Waals surface area contributed by atoms with E-state index in [0.29, 0.717) is 17.7 Å². The van der Waals surface area contributed by atoms with Crippen LogP contribution < -0.4 is 5.73 Å². The number of hydrogen-bond acceptors (Lipinski definition) is 4. The molecule has 4 heteroatoms. The van der Waals surface area contributed by atoms with Crippen molar-refractivity contribution in [3.8, 4) is 0 Å². The van der Waals surface area contributed by atoms with E-state index in [2.05, 4.69) is 31.2 Å². The number of benzene rings is 2. The van der Waals surface area contributed by atoms with Crippen LogP contribution in [0.25, 0.3) is 11.3 Å². The number of aryl methyl sites for hydroxylation is 1. The van der Waals surface area contributed by atoms with E-state index in [1.54, 1.807) is 6.92 Å². The van der Waals surface area contributed by atoms with Gasteiger partial charge < -0.3 is 5.73 Å². The van der Waals surface area contributed by atoms with Crippen molar-refractivity contribution < 1.29 is 9.59 Å². The molecule has 1 aliphatic heterocycles. The van der Waals surface area contributed by atoms with Gasteiger partial charge in [0.15, 0.2) is 11.6 Å². The van der Waals surface area contributed by atoms with Gasteiger partial charge >= 0.3 is 0 Å². The van der Waals surface area contributed by atoms with Gasteiger partial charge in [0.25, 0.3) is 0 Å². The molecule has 32 heavy (non-hydrogen) atoms. The summed E-state index contributed by atoms with van der Waals surface area (Å²) in [4.78, 5) is 30.3. The summed E-state index contributed by atoms with van der Waals surface area (Å²) in [6, 6.07) is 16.3. The van der Waals surface area contributed by atoms with Crippen LogP contribution in [0.3, 0.4) is 0 Å². The summed E-state index contributed by atoms with van der Waals surface area (Å²) < 4.78 is 0. The minimum Gasteiger partial charge on any atom is -0.328 e. The van der Waals surface area contributed by atoms with Crippen molar-refractivity contribution >= 4 is 28.5 Å². The first-order chi connectivity index (χ1) is 15.3. The highest BCUT2D eigenvalue weighted by molar-refractivity contribution is 6.43. The smallest absolute Gasteiger partial charge is 0.180 e. The van der Waals surface area contributed by atoms with Gasteiger partial charge in [-0.15, -0.1) is 0 Å². The maximum atomic E-state index is 13.4. The molecular weight excluding hydrogens is 396 g/mol. The van der Waals surface area contributed by atoms with Crippen molar-refractivity contribution in [2.45, 2.75) is 58.9 Å². The molecule has 4 nitrogen and oxygen atoms in total. The molecule has 0 saturated heterocycles. The molecule has 0 amide bonds. The van der Waals surface area contributed by atoms with Crippen LogP contribution in [-0.2, 0) is 4.79 Å². The van der Waals surface area contributed by atoms with E-state index in [9.17, 15) is 9.59 Å². The molecule has 1 aliphatic carbocycles. The summed E-state index contributed by atoms with van der Waals surface area (Å²) in [6.07, 6.45) is 4.33. The number of nitrogens with two attached hydrogens (primary N) is 1. The third-order valence-electron chi connectivity index (χ3n) is 6.85. The van der Waals surface area contributed by atoms with Crippen LogP contribution in [0.15, 0.2) is 53.5 Å². The molecule has 0 bridgehead atoms. The Hall–Kier alpha value is -2.85. The van der Waals surface area contributed by atoms with Gasteiger partial charge in [-0.1, -0.05) is 61.0 Å². The molecule has 2 aromatic carbocycles. The highest BCUT2D eigenvalue weighted by Crippen LogP contribution is 2.38. The maximum absolute atomic E-state index is 13.4. The summed E-state index contributed by atoms with van der Waals surface area (Å²) in [6.45, 7) is 5.66. The van der Waals surface area contributed by atoms with Crippen molar-refractivity contribution in [3.05, 3.63) is 70.8 Å². The van der Waals surface area contributed by atoms with E-state index in [-0.39, 0.29) is 29.4 Å². The van der Waals surface area contributed by atoms with Crippen molar-refractivity contribution in [2.75, 3.05) is 0 Å². The minimum absolute atomic E-state index is 0.0386. The first kappa shape index (κ1) is 22.3. The van der Waals surface area contributed by atoms with Gasteiger partial charge in [-0.2, -0.15) is 0 Å². The van der Waals surface area contributed by atoms with Gasteiger partial charge in [-0.3, -0.25) is 9.59 Å². The Labute approximate surface area is 190 Å². The highest BCUT2D eigenvalue weighted by atomic mass is 16.1. The fraction of sp³-hybridized carbons (Fsp3) is 0.393. The van der Waals surface area contributed by atoms with Gasteiger partial charge in [-0.05, 0) is 57.1 Å². The molecule has 2 aliphatic rings. The van der Waals surface area contributed by atoms with Crippen LogP contribution >= 0.6 is 0 Å². The van der Waals surface area contributed by atoms with Gasteiger partial charge in [0.05, 0.1) is 11.4 Å². The molecule has 0 aromatic heterocycles. The third-order valence-corrected chi connectivity index (χ3v) is 6.85. The summed E-state index contributed by atoms with van der Waals surface area (Å²) in [7, 11) is 0. The molecule has 2 N–H and O–H groups in total. The third kappa shape index (κ3) is 4.66. The molecule has 1 unspecified atom stereocenters. The Morgan fingerprint density at radius 1 is 0.938 bits per heavy atom. The summed E-state index contributed by atoms with van der Waals surface area (Å²) >= 11 is 0. The second-order valence-electron chi connectivity index (χ2n) is 9.40. The fourth-order valence-electron chi connectivity index (χ4n) is 4.79. The highest BCUT2D eigenvalue weighted by Gasteiger charge is 2.33. The van der Waals surface area contributed by atoms with Gasteiger partial charge in [0, 0.05) is 29.0 Å². The Balaban J connectivity index is 1.87. The molecule has 1 atom stereocenters. The van der Waals surface area contributed by atoms with Crippen LogP contribution in [0, 0.1) is 18.8 Å². The Bertz CT molecular complexity index is 1070. The number of nitrogens with zero attached hydrogens (tertiary/aromatic N) is 1. The van der Waals surface area contributed by atoms with Crippen LogP contribution in [0.1, 0.15) is 73.0 Å². The molecule has 1 heterocycles. The van der Waals surface area contributed by atoms with E-state index in [1.807, 2.05) is 31.2 Å². The van der Waals surface area contributed by atoms with E-state index in [4.69, 9.17) is 10.7 Å². The van der Waals surface area contributed by atoms with Crippen LogP contribution in [0.2, 0.25) is 0 Å². The number of rotatable bonds is 4. The van der Waals surface area contributed by atoms with E-state index < -0.39 is 0 Å². The molecule has 1 fully saturated rings. The monoisotopic (exact) mass is 428 g/mol. The zero-order valence-electron chi connectivity index (χ0n) is 19.2. The number of carbonyl (C=O) groups excluding carboxylic acids is 2. The molecule has 0 radical (unpaired) electrons. The zero-order chi connectivity index (χ0) is 22.8. The van der Waals surface area contributed by atoms with Crippen molar-refractivity contribution in [3.63, 3.8) is 0 Å². The lowest BCUT2D eigenvalue weighted by Crippen LogP contribution is -2.34. The maximum Gasteiger partial charge on any atom is 0.180 e. The topological polar surface area (TPSA) is 72.5 Å². The van der Waals surface area contributed by atoms with Crippen molar-refractivity contribution in [1.29, 1.82) is 0 Å². The second-order valence-corrected chi connectivity index (χ2v) is 9.40. The lowest BCUT2D eigenvalue weighted by Gasteiger charge is -2.27. The lowest BCUT2D eigenvalue weighted by atomic mass is 9.80. The molecule has 166 valence electrons. The van der Waals surface area contributed by atoms with Crippen LogP contribution in [0.4, 0.5) is 0 Å². The predicted octanol–water partition coefficient (Wildman–Crippen LogP) is 5.63. The number of allylic oxidation sites excluding steroid dienone is 1.